The van der Waals surface area contributed by atoms with Gasteiger partial charge in [0.05, 0.1) is 0 Å². The Bertz CT molecular complexity index is 1290. The van der Waals surface area contributed by atoms with Crippen LogP contribution < -0.4 is 14.8 Å². The van der Waals surface area contributed by atoms with Crippen LogP contribution >= 0.6 is 0 Å². The first-order valence-corrected chi connectivity index (χ1v) is 11.2. The van der Waals surface area contributed by atoms with E-state index in [1.807, 2.05) is 37.3 Å². The SMILES string of the molecule is Cc1ccncc1CC(=O)C[C@@H]1[C@H]2Oc3ccc(Oc4ccnc5c4CCC(=O)N5)cc3[C@@H]12. The summed E-state index contributed by atoms with van der Waals surface area (Å²) in [6.45, 7) is 2.00. The molecule has 33 heavy (non-hydrogen) atoms. The van der Waals surface area contributed by atoms with Crippen LogP contribution in [0.3, 0.4) is 0 Å². The van der Waals surface area contributed by atoms with E-state index >= 15 is 0 Å². The molecule has 1 N–H and O–H groups in total. The molecule has 3 atom stereocenters. The van der Waals surface area contributed by atoms with Crippen molar-refractivity contribution in [1.29, 1.82) is 0 Å². The summed E-state index contributed by atoms with van der Waals surface area (Å²) in [7, 11) is 0. The number of Topliss-reactive ketones (excluding diaryl/α,β-unsaturated/α-hetero) is 1. The number of hydrogen-bond acceptors (Lipinski definition) is 6. The highest BCUT2D eigenvalue weighted by Crippen LogP contribution is 2.60. The van der Waals surface area contributed by atoms with Crippen molar-refractivity contribution < 1.29 is 19.1 Å². The van der Waals surface area contributed by atoms with Crippen molar-refractivity contribution in [1.82, 2.24) is 9.97 Å². The summed E-state index contributed by atoms with van der Waals surface area (Å²) in [4.78, 5) is 32.7. The topological polar surface area (TPSA) is 90.4 Å². The second-order valence-electron chi connectivity index (χ2n) is 8.98. The number of carbonyl (C=O) groups is 2. The molecule has 2 aliphatic heterocycles. The summed E-state index contributed by atoms with van der Waals surface area (Å²) in [6, 6.07) is 9.60. The highest BCUT2D eigenvalue weighted by molar-refractivity contribution is 5.93. The summed E-state index contributed by atoms with van der Waals surface area (Å²) in [5, 5.41) is 2.80. The van der Waals surface area contributed by atoms with Crippen molar-refractivity contribution in [3.8, 4) is 17.2 Å². The largest absolute Gasteiger partial charge is 0.489 e. The van der Waals surface area contributed by atoms with Crippen LogP contribution in [0.5, 0.6) is 17.2 Å². The van der Waals surface area contributed by atoms with Crippen molar-refractivity contribution in [2.45, 2.75) is 44.6 Å². The smallest absolute Gasteiger partial charge is 0.225 e. The first kappa shape index (κ1) is 19.9. The van der Waals surface area contributed by atoms with E-state index in [-0.39, 0.29) is 29.6 Å². The van der Waals surface area contributed by atoms with E-state index < -0.39 is 0 Å². The van der Waals surface area contributed by atoms with Crippen molar-refractivity contribution in [2.75, 3.05) is 5.32 Å². The van der Waals surface area contributed by atoms with Gasteiger partial charge in [0.25, 0.3) is 0 Å². The van der Waals surface area contributed by atoms with Crippen LogP contribution in [0.2, 0.25) is 0 Å². The van der Waals surface area contributed by atoms with E-state index in [1.165, 1.54) is 0 Å². The number of fused-ring (bicyclic) bond motifs is 4. The fourth-order valence-corrected chi connectivity index (χ4v) is 4.97. The second kappa shape index (κ2) is 7.69. The Morgan fingerprint density at radius 2 is 2.12 bits per heavy atom. The zero-order chi connectivity index (χ0) is 22.5. The van der Waals surface area contributed by atoms with Gasteiger partial charge in [-0.15, -0.1) is 0 Å². The number of hydrogen-bond donors (Lipinski definition) is 1. The lowest BCUT2D eigenvalue weighted by atomic mass is 10.0. The van der Waals surface area contributed by atoms with E-state index in [4.69, 9.17) is 9.47 Å². The van der Waals surface area contributed by atoms with Crippen LogP contribution in [0.4, 0.5) is 5.82 Å². The molecule has 1 aromatic carbocycles. The van der Waals surface area contributed by atoms with Gasteiger partial charge in [0.1, 0.15) is 35.0 Å². The molecular weight excluding hydrogens is 418 g/mol. The fourth-order valence-electron chi connectivity index (χ4n) is 4.97. The molecule has 4 heterocycles. The quantitative estimate of drug-likeness (QED) is 0.618. The molecular formula is C26H23N3O4. The molecule has 0 radical (unpaired) electrons. The normalized spacial score (nSPS) is 21.8. The fraction of sp³-hybridized carbons (Fsp3) is 0.308. The summed E-state index contributed by atoms with van der Waals surface area (Å²) >= 11 is 0. The molecule has 3 aliphatic rings. The molecule has 0 unspecified atom stereocenters. The number of aryl methyl sites for hydroxylation is 1. The Morgan fingerprint density at radius 1 is 1.21 bits per heavy atom. The minimum Gasteiger partial charge on any atom is -0.489 e. The van der Waals surface area contributed by atoms with Crippen molar-refractivity contribution in [2.24, 2.45) is 5.92 Å². The molecule has 0 spiro atoms. The lowest BCUT2D eigenvalue weighted by molar-refractivity contribution is -0.119. The van der Waals surface area contributed by atoms with Gasteiger partial charge < -0.3 is 14.8 Å². The average molecular weight is 441 g/mol. The van der Waals surface area contributed by atoms with Gasteiger partial charge in [0.15, 0.2) is 0 Å². The average Bonchev–Trinajstić information content (AvgIpc) is 3.31. The zero-order valence-electron chi connectivity index (χ0n) is 18.2. The van der Waals surface area contributed by atoms with Crippen LogP contribution in [0.15, 0.2) is 48.9 Å². The number of amides is 1. The Balaban J connectivity index is 1.16. The molecule has 0 bridgehead atoms. The van der Waals surface area contributed by atoms with Gasteiger partial charge in [0.2, 0.25) is 5.91 Å². The summed E-state index contributed by atoms with van der Waals surface area (Å²) in [6.07, 6.45) is 7.17. The second-order valence-corrected chi connectivity index (χ2v) is 8.98. The maximum atomic E-state index is 12.7. The van der Waals surface area contributed by atoms with Crippen LogP contribution in [0.1, 0.15) is 41.0 Å². The third kappa shape index (κ3) is 3.63. The van der Waals surface area contributed by atoms with Crippen molar-refractivity contribution in [3.63, 3.8) is 0 Å². The Morgan fingerprint density at radius 3 is 3.00 bits per heavy atom. The van der Waals surface area contributed by atoms with Crippen LogP contribution in [-0.4, -0.2) is 27.8 Å². The standard InChI is InChI=1S/C26H23N3O4/c1-14-6-8-27-13-15(14)10-16(30)11-20-24-19-12-17(2-4-21(19)33-25(20)24)32-22-7-9-28-26-18(22)3-5-23(31)29-26/h2,4,6-9,12-13,20,24-25H,3,5,10-11H2,1H3,(H,28,29,31)/t20-,24-,25+/m0/s1. The zero-order valence-corrected chi connectivity index (χ0v) is 18.2. The third-order valence-corrected chi connectivity index (χ3v) is 6.80. The molecule has 166 valence electrons. The number of nitrogens with one attached hydrogen (secondary N) is 1. The predicted molar refractivity (Wildman–Crippen MR) is 121 cm³/mol. The van der Waals surface area contributed by atoms with Crippen LogP contribution in [-0.2, 0) is 22.4 Å². The number of aromatic nitrogens is 2. The Labute approximate surface area is 191 Å². The highest BCUT2D eigenvalue weighted by atomic mass is 16.5. The van der Waals surface area contributed by atoms with Gasteiger partial charge in [-0.05, 0) is 54.8 Å². The minimum atomic E-state index is -0.0270. The number of benzene rings is 1. The maximum absolute atomic E-state index is 12.7. The molecule has 6 rings (SSSR count). The molecule has 3 aromatic rings. The third-order valence-electron chi connectivity index (χ3n) is 6.80. The van der Waals surface area contributed by atoms with E-state index in [0.717, 1.165) is 28.0 Å². The van der Waals surface area contributed by atoms with E-state index in [0.29, 0.717) is 43.0 Å². The lowest BCUT2D eigenvalue weighted by Gasteiger charge is -2.19. The molecule has 1 aliphatic carbocycles. The summed E-state index contributed by atoms with van der Waals surface area (Å²) in [5.74, 6) is 3.48. The highest BCUT2D eigenvalue weighted by Gasteiger charge is 2.59. The molecule has 2 aromatic heterocycles. The van der Waals surface area contributed by atoms with Crippen molar-refractivity contribution >= 4 is 17.5 Å². The van der Waals surface area contributed by atoms with Gasteiger partial charge >= 0.3 is 0 Å². The Hall–Kier alpha value is -3.74. The molecule has 0 saturated heterocycles. The van der Waals surface area contributed by atoms with E-state index in [1.54, 1.807) is 18.6 Å². The number of anilines is 1. The number of carbonyl (C=O) groups excluding carboxylic acids is 2. The minimum absolute atomic E-state index is 0.0270. The van der Waals surface area contributed by atoms with Gasteiger partial charge in [0, 0.05) is 60.8 Å². The summed E-state index contributed by atoms with van der Waals surface area (Å²) < 4.78 is 12.3. The first-order chi connectivity index (χ1) is 16.1. The number of ketones is 1. The number of rotatable bonds is 6. The van der Waals surface area contributed by atoms with Crippen molar-refractivity contribution in [3.05, 3.63) is 71.2 Å². The monoisotopic (exact) mass is 441 g/mol. The molecule has 1 saturated carbocycles. The van der Waals surface area contributed by atoms with Crippen LogP contribution in [0.25, 0.3) is 0 Å². The first-order valence-electron chi connectivity index (χ1n) is 11.2. The Kier molecular flexibility index (Phi) is 4.64. The lowest BCUT2D eigenvalue weighted by Crippen LogP contribution is -2.20. The van der Waals surface area contributed by atoms with Gasteiger partial charge in [-0.1, -0.05) is 0 Å². The predicted octanol–water partition coefficient (Wildman–Crippen LogP) is 4.14. The number of ether oxygens (including phenoxy) is 2. The van der Waals surface area contributed by atoms with Gasteiger partial charge in [-0.2, -0.15) is 0 Å². The maximum Gasteiger partial charge on any atom is 0.225 e. The molecule has 7 nitrogen and oxygen atoms in total. The van der Waals surface area contributed by atoms with Gasteiger partial charge in [-0.25, -0.2) is 4.98 Å². The van der Waals surface area contributed by atoms with Crippen LogP contribution in [0, 0.1) is 12.8 Å². The van der Waals surface area contributed by atoms with E-state index in [9.17, 15) is 9.59 Å². The number of pyridine rings is 2. The van der Waals surface area contributed by atoms with Gasteiger partial charge in [-0.3, -0.25) is 14.6 Å². The summed E-state index contributed by atoms with van der Waals surface area (Å²) in [5.41, 5.74) is 4.09. The molecule has 1 fully saturated rings. The molecule has 1 amide bonds. The number of nitrogens with zero attached hydrogens (tertiary/aromatic N) is 2. The van der Waals surface area contributed by atoms with E-state index in [2.05, 4.69) is 15.3 Å². The molecule has 7 heteroatoms.